The molecule has 0 saturated heterocycles. The maximum Gasteiger partial charge on any atom is 0.269 e. The van der Waals surface area contributed by atoms with E-state index in [4.69, 9.17) is 28.6 Å². The van der Waals surface area contributed by atoms with Crippen LogP contribution in [0.25, 0.3) is 10.1 Å². The van der Waals surface area contributed by atoms with Crippen LogP contribution in [0.3, 0.4) is 0 Å². The zero-order valence-electron chi connectivity index (χ0n) is 18.9. The summed E-state index contributed by atoms with van der Waals surface area (Å²) in [5.41, 5.74) is 1.87. The molecule has 0 fully saturated rings. The SMILES string of the molecule is COc1ccc2c(Cl)c(C(=O)NC(=S)Nc3ccccc3C(=O)NC(C)c3ccccc3)sc2c1. The summed E-state index contributed by atoms with van der Waals surface area (Å²) in [6, 6.07) is 21.9. The highest BCUT2D eigenvalue weighted by Gasteiger charge is 2.20. The molecular formula is C26H22ClN3O3S2. The van der Waals surface area contributed by atoms with Gasteiger partial charge < -0.3 is 15.4 Å². The summed E-state index contributed by atoms with van der Waals surface area (Å²) in [4.78, 5) is 26.2. The first-order valence-corrected chi connectivity index (χ1v) is 12.3. The van der Waals surface area contributed by atoms with Gasteiger partial charge in [-0.3, -0.25) is 14.9 Å². The fourth-order valence-electron chi connectivity index (χ4n) is 3.52. The predicted octanol–water partition coefficient (Wildman–Crippen LogP) is 6.18. The van der Waals surface area contributed by atoms with Gasteiger partial charge in [0, 0.05) is 10.1 Å². The first-order chi connectivity index (χ1) is 16.9. The fraction of sp³-hybridized carbons (Fsp3) is 0.115. The first-order valence-electron chi connectivity index (χ1n) is 10.7. The Morgan fingerprint density at radius 1 is 1.00 bits per heavy atom. The molecule has 1 unspecified atom stereocenters. The Morgan fingerprint density at radius 3 is 2.46 bits per heavy atom. The predicted molar refractivity (Wildman–Crippen MR) is 146 cm³/mol. The average Bonchev–Trinajstić information content (AvgIpc) is 3.20. The summed E-state index contributed by atoms with van der Waals surface area (Å²) in [5, 5.41) is 9.76. The molecular weight excluding hydrogens is 502 g/mol. The van der Waals surface area contributed by atoms with Crippen LogP contribution in [0.4, 0.5) is 5.69 Å². The van der Waals surface area contributed by atoms with Gasteiger partial charge >= 0.3 is 0 Å². The van der Waals surface area contributed by atoms with Gasteiger partial charge in [-0.1, -0.05) is 54.1 Å². The number of halogens is 1. The van der Waals surface area contributed by atoms with Gasteiger partial charge in [0.2, 0.25) is 0 Å². The summed E-state index contributed by atoms with van der Waals surface area (Å²) in [7, 11) is 1.58. The Labute approximate surface area is 217 Å². The normalized spacial score (nSPS) is 11.5. The van der Waals surface area contributed by atoms with E-state index in [0.717, 1.165) is 15.6 Å². The van der Waals surface area contributed by atoms with E-state index < -0.39 is 5.91 Å². The molecule has 3 N–H and O–H groups in total. The maximum absolute atomic E-state index is 13.0. The Hall–Kier alpha value is -3.46. The summed E-state index contributed by atoms with van der Waals surface area (Å²) in [5.74, 6) is -0.0246. The molecule has 0 spiro atoms. The van der Waals surface area contributed by atoms with Crippen LogP contribution >= 0.6 is 35.2 Å². The lowest BCUT2D eigenvalue weighted by Crippen LogP contribution is -2.35. The topological polar surface area (TPSA) is 79.5 Å². The Bertz CT molecular complexity index is 1410. The van der Waals surface area contributed by atoms with Crippen molar-refractivity contribution in [1.29, 1.82) is 0 Å². The molecule has 0 radical (unpaired) electrons. The van der Waals surface area contributed by atoms with E-state index in [1.807, 2.05) is 49.4 Å². The lowest BCUT2D eigenvalue weighted by Gasteiger charge is -2.17. The van der Waals surface area contributed by atoms with Crippen LogP contribution in [0, 0.1) is 0 Å². The van der Waals surface area contributed by atoms with E-state index in [-0.39, 0.29) is 17.1 Å². The molecule has 4 rings (SSSR count). The van der Waals surface area contributed by atoms with Crippen molar-refractivity contribution in [3.8, 4) is 5.75 Å². The molecule has 0 bridgehead atoms. The van der Waals surface area contributed by atoms with E-state index in [1.54, 1.807) is 37.4 Å². The molecule has 3 aromatic carbocycles. The number of nitrogens with one attached hydrogen (secondary N) is 3. The number of ether oxygens (including phenoxy) is 1. The van der Waals surface area contributed by atoms with Gasteiger partial charge in [0.15, 0.2) is 5.11 Å². The largest absolute Gasteiger partial charge is 0.497 e. The number of fused-ring (bicyclic) bond motifs is 1. The summed E-state index contributed by atoms with van der Waals surface area (Å²) >= 11 is 13.0. The number of amides is 2. The van der Waals surface area contributed by atoms with E-state index in [0.29, 0.717) is 26.9 Å². The molecule has 0 aliphatic rings. The third-order valence-corrected chi connectivity index (χ3v) is 7.20. The lowest BCUT2D eigenvalue weighted by atomic mass is 10.1. The molecule has 178 valence electrons. The van der Waals surface area contributed by atoms with Crippen LogP contribution in [-0.2, 0) is 0 Å². The first kappa shape index (κ1) is 24.7. The number of benzene rings is 3. The minimum atomic E-state index is -0.438. The summed E-state index contributed by atoms with van der Waals surface area (Å²) in [6.07, 6.45) is 0. The number of para-hydroxylation sites is 1. The average molecular weight is 524 g/mol. The molecule has 0 aliphatic heterocycles. The summed E-state index contributed by atoms with van der Waals surface area (Å²) in [6.45, 7) is 1.92. The Balaban J connectivity index is 1.46. The number of rotatable bonds is 6. The number of carbonyl (C=O) groups is 2. The standard InChI is InChI=1S/C26H22ClN3O3S2/c1-15(16-8-4-3-5-9-16)28-24(31)18-10-6-7-11-20(18)29-26(34)30-25(32)23-22(27)19-13-12-17(33-2)14-21(19)35-23/h3-15H,1-2H3,(H,28,31)(H2,29,30,32,34). The van der Waals surface area contributed by atoms with Gasteiger partial charge in [-0.05, 0) is 55.0 Å². The minimum absolute atomic E-state index is 0.0532. The number of anilines is 1. The van der Waals surface area contributed by atoms with Gasteiger partial charge in [0.1, 0.15) is 10.6 Å². The molecule has 0 saturated carbocycles. The van der Waals surface area contributed by atoms with Crippen molar-refractivity contribution in [2.24, 2.45) is 0 Å². The Morgan fingerprint density at radius 2 is 1.71 bits per heavy atom. The highest BCUT2D eigenvalue weighted by Crippen LogP contribution is 2.37. The van der Waals surface area contributed by atoms with Crippen molar-refractivity contribution in [2.45, 2.75) is 13.0 Å². The molecule has 1 aromatic heterocycles. The van der Waals surface area contributed by atoms with Gasteiger partial charge in [-0.2, -0.15) is 0 Å². The highest BCUT2D eigenvalue weighted by molar-refractivity contribution is 7.80. The molecule has 1 atom stereocenters. The van der Waals surface area contributed by atoms with Gasteiger partial charge in [0.05, 0.1) is 29.4 Å². The van der Waals surface area contributed by atoms with Crippen molar-refractivity contribution in [3.63, 3.8) is 0 Å². The van der Waals surface area contributed by atoms with Crippen LogP contribution in [0.15, 0.2) is 72.8 Å². The molecule has 1 heterocycles. The van der Waals surface area contributed by atoms with Crippen molar-refractivity contribution >= 4 is 67.9 Å². The smallest absolute Gasteiger partial charge is 0.269 e. The zero-order chi connectivity index (χ0) is 24.9. The number of hydrogen-bond acceptors (Lipinski definition) is 5. The van der Waals surface area contributed by atoms with Crippen molar-refractivity contribution in [2.75, 3.05) is 12.4 Å². The number of thiophene rings is 1. The zero-order valence-corrected chi connectivity index (χ0v) is 21.3. The van der Waals surface area contributed by atoms with Crippen LogP contribution in [0.1, 0.15) is 38.6 Å². The molecule has 2 amide bonds. The van der Waals surface area contributed by atoms with Crippen molar-refractivity contribution < 1.29 is 14.3 Å². The second-order valence-electron chi connectivity index (χ2n) is 7.67. The third kappa shape index (κ3) is 5.62. The van der Waals surface area contributed by atoms with Gasteiger partial charge in [-0.15, -0.1) is 11.3 Å². The van der Waals surface area contributed by atoms with E-state index >= 15 is 0 Å². The number of carbonyl (C=O) groups excluding carboxylic acids is 2. The van der Waals surface area contributed by atoms with Gasteiger partial charge in [-0.25, -0.2) is 0 Å². The molecule has 4 aromatic rings. The van der Waals surface area contributed by atoms with E-state index in [2.05, 4.69) is 16.0 Å². The van der Waals surface area contributed by atoms with Crippen LogP contribution in [-0.4, -0.2) is 24.0 Å². The van der Waals surface area contributed by atoms with E-state index in [9.17, 15) is 9.59 Å². The van der Waals surface area contributed by atoms with Crippen LogP contribution in [0.5, 0.6) is 5.75 Å². The second-order valence-corrected chi connectivity index (χ2v) is 9.51. The Kier molecular flexibility index (Phi) is 7.65. The number of hydrogen-bond donors (Lipinski definition) is 3. The maximum atomic E-state index is 13.0. The number of thiocarbonyl (C=S) groups is 1. The quantitative estimate of drug-likeness (QED) is 0.263. The highest BCUT2D eigenvalue weighted by atomic mass is 35.5. The van der Waals surface area contributed by atoms with E-state index in [1.165, 1.54) is 11.3 Å². The molecule has 6 nitrogen and oxygen atoms in total. The second kappa shape index (κ2) is 10.9. The van der Waals surface area contributed by atoms with Gasteiger partial charge in [0.25, 0.3) is 11.8 Å². The lowest BCUT2D eigenvalue weighted by molar-refractivity contribution is 0.0939. The van der Waals surface area contributed by atoms with Crippen LogP contribution < -0.4 is 20.7 Å². The molecule has 0 aliphatic carbocycles. The van der Waals surface area contributed by atoms with Crippen LogP contribution in [0.2, 0.25) is 5.02 Å². The van der Waals surface area contributed by atoms with Crippen molar-refractivity contribution in [3.05, 3.63) is 93.8 Å². The third-order valence-electron chi connectivity index (χ3n) is 5.34. The summed E-state index contributed by atoms with van der Waals surface area (Å²) < 4.78 is 6.07. The molecule has 35 heavy (non-hydrogen) atoms. The monoisotopic (exact) mass is 523 g/mol. The minimum Gasteiger partial charge on any atom is -0.497 e. The molecule has 9 heteroatoms. The van der Waals surface area contributed by atoms with Crippen molar-refractivity contribution in [1.82, 2.24) is 10.6 Å². The fourth-order valence-corrected chi connectivity index (χ4v) is 5.16. The number of methoxy groups -OCH3 is 1.